The maximum absolute atomic E-state index is 13.0. The van der Waals surface area contributed by atoms with Crippen molar-refractivity contribution in [3.63, 3.8) is 0 Å². The van der Waals surface area contributed by atoms with Crippen LogP contribution in [0, 0.1) is 11.8 Å². The Labute approximate surface area is 205 Å². The average Bonchev–Trinajstić information content (AvgIpc) is 2.83. The Balaban J connectivity index is 1.89. The highest BCUT2D eigenvalue weighted by atomic mass is 16.5. The zero-order valence-corrected chi connectivity index (χ0v) is 20.2. The lowest BCUT2D eigenvalue weighted by Crippen LogP contribution is -2.50. The summed E-state index contributed by atoms with van der Waals surface area (Å²) in [6, 6.07) is 12.9. The van der Waals surface area contributed by atoms with Crippen LogP contribution >= 0.6 is 0 Å². The van der Waals surface area contributed by atoms with E-state index in [4.69, 9.17) is 18.3 Å². The summed E-state index contributed by atoms with van der Waals surface area (Å²) < 4.78 is 22.6. The van der Waals surface area contributed by atoms with Crippen LogP contribution in [-0.2, 0) is 9.59 Å². The molecule has 1 fully saturated rings. The van der Waals surface area contributed by atoms with Gasteiger partial charge in [0, 0.05) is 57.7 Å². The van der Waals surface area contributed by atoms with Gasteiger partial charge in [-0.15, -0.1) is 0 Å². The van der Waals surface area contributed by atoms with Crippen LogP contribution in [0.3, 0.4) is 0 Å². The van der Waals surface area contributed by atoms with E-state index in [1.54, 1.807) is 36.4 Å². The third-order valence-corrected chi connectivity index (χ3v) is 7.17. The van der Waals surface area contributed by atoms with Crippen LogP contribution in [0.2, 0.25) is 0 Å². The molecule has 4 aromatic rings. The van der Waals surface area contributed by atoms with Gasteiger partial charge in [0.1, 0.15) is 34.2 Å². The van der Waals surface area contributed by atoms with E-state index in [-0.39, 0.29) is 22.7 Å². The number of ketones is 2. The summed E-state index contributed by atoms with van der Waals surface area (Å²) >= 11 is 0. The van der Waals surface area contributed by atoms with Crippen LogP contribution in [0.1, 0.15) is 36.8 Å². The van der Waals surface area contributed by atoms with Crippen molar-refractivity contribution in [3.8, 4) is 11.5 Å². The molecule has 1 aliphatic carbocycles. The third-order valence-electron chi connectivity index (χ3n) is 7.17. The molecule has 1 saturated carbocycles. The Bertz CT molecular complexity index is 1520. The second-order valence-electron chi connectivity index (χ2n) is 9.03. The maximum atomic E-state index is 13.0. The first kappa shape index (κ1) is 23.5. The number of methoxy groups -OCH3 is 2. The lowest BCUT2D eigenvalue weighted by Gasteiger charge is -2.50. The van der Waals surface area contributed by atoms with Gasteiger partial charge in [-0.3, -0.25) is 9.59 Å². The lowest BCUT2D eigenvalue weighted by molar-refractivity contribution is -0.139. The molecule has 0 N–H and O–H groups in total. The van der Waals surface area contributed by atoms with E-state index in [1.165, 1.54) is 40.2 Å². The fourth-order valence-electron chi connectivity index (χ4n) is 5.74. The molecule has 4 atom stereocenters. The minimum absolute atomic E-state index is 0.186. The van der Waals surface area contributed by atoms with Gasteiger partial charge in [0.2, 0.25) is 0 Å². The zero-order valence-electron chi connectivity index (χ0n) is 20.2. The van der Waals surface area contributed by atoms with E-state index in [9.17, 15) is 19.2 Å². The van der Waals surface area contributed by atoms with Gasteiger partial charge in [-0.2, -0.15) is 0 Å². The fraction of sp³-hybridized carbons (Fsp3) is 0.286. The fourth-order valence-corrected chi connectivity index (χ4v) is 5.74. The summed E-state index contributed by atoms with van der Waals surface area (Å²) in [5.74, 6) is -2.21. The minimum atomic E-state index is -0.715. The monoisotopic (exact) mass is 488 g/mol. The van der Waals surface area contributed by atoms with Crippen LogP contribution in [0.5, 0.6) is 11.5 Å². The number of hydrogen-bond donors (Lipinski definition) is 0. The van der Waals surface area contributed by atoms with Gasteiger partial charge in [-0.1, -0.05) is 0 Å². The first-order valence-electron chi connectivity index (χ1n) is 11.5. The molecule has 0 radical (unpaired) electrons. The Kier molecular flexibility index (Phi) is 5.74. The van der Waals surface area contributed by atoms with E-state index in [1.807, 2.05) is 0 Å². The second-order valence-corrected chi connectivity index (χ2v) is 9.03. The Morgan fingerprint density at radius 1 is 0.639 bits per heavy atom. The standard InChI is InChI=1S/C28H24O8/c1-13(29)21-22(14(2)30)26(24-18(34-4)10-6-16-8-12-20(32)36-28(16)24)25(21)23-17(33-3)9-5-15-7-11-19(31)35-27(15)23/h5-12,21-22,25-26H,1-4H3/t21-,22-,25+,26+/m1/s1. The highest BCUT2D eigenvalue weighted by molar-refractivity contribution is 5.95. The van der Waals surface area contributed by atoms with Crippen molar-refractivity contribution in [2.45, 2.75) is 25.7 Å². The third kappa shape index (κ3) is 3.52. The lowest BCUT2D eigenvalue weighted by atomic mass is 9.50. The molecule has 0 aliphatic heterocycles. The summed E-state index contributed by atoms with van der Waals surface area (Å²) in [5, 5.41) is 1.29. The van der Waals surface area contributed by atoms with Gasteiger partial charge < -0.3 is 18.3 Å². The van der Waals surface area contributed by atoms with Gasteiger partial charge in [0.15, 0.2) is 0 Å². The van der Waals surface area contributed by atoms with Crippen LogP contribution < -0.4 is 20.7 Å². The largest absolute Gasteiger partial charge is 0.496 e. The maximum Gasteiger partial charge on any atom is 0.336 e. The summed E-state index contributed by atoms with van der Waals surface area (Å²) in [6.45, 7) is 2.89. The number of rotatable bonds is 6. The normalized spacial score (nSPS) is 21.2. The second kappa shape index (κ2) is 8.78. The van der Waals surface area contributed by atoms with E-state index in [0.717, 1.165) is 0 Å². The van der Waals surface area contributed by atoms with Crippen LogP contribution in [0.25, 0.3) is 21.9 Å². The predicted molar refractivity (Wildman–Crippen MR) is 132 cm³/mol. The van der Waals surface area contributed by atoms with Gasteiger partial charge in [-0.05, 0) is 50.2 Å². The van der Waals surface area contributed by atoms with Crippen molar-refractivity contribution >= 4 is 33.5 Å². The van der Waals surface area contributed by atoms with Gasteiger partial charge >= 0.3 is 11.3 Å². The number of carbonyl (C=O) groups excluding carboxylic acids is 2. The highest BCUT2D eigenvalue weighted by Crippen LogP contribution is 2.63. The molecule has 2 aromatic carbocycles. The molecule has 5 rings (SSSR count). The van der Waals surface area contributed by atoms with Gasteiger partial charge in [-0.25, -0.2) is 9.59 Å². The summed E-state index contributed by atoms with van der Waals surface area (Å²) in [7, 11) is 2.98. The smallest absolute Gasteiger partial charge is 0.336 e. The van der Waals surface area contributed by atoms with Gasteiger partial charge in [0.05, 0.1) is 14.2 Å². The molecule has 184 valence electrons. The summed E-state index contributed by atoms with van der Waals surface area (Å²) in [6.07, 6.45) is 0. The number of carbonyl (C=O) groups is 2. The average molecular weight is 488 g/mol. The van der Waals surface area contributed by atoms with E-state index in [0.29, 0.717) is 33.4 Å². The summed E-state index contributed by atoms with van der Waals surface area (Å²) in [4.78, 5) is 50.4. The summed E-state index contributed by atoms with van der Waals surface area (Å²) in [5.41, 5.74) is 0.477. The first-order valence-corrected chi connectivity index (χ1v) is 11.5. The molecule has 0 amide bonds. The van der Waals surface area contributed by atoms with Crippen LogP contribution in [0.4, 0.5) is 0 Å². The van der Waals surface area contributed by atoms with Crippen molar-refractivity contribution in [3.05, 3.63) is 80.5 Å². The number of hydrogen-bond acceptors (Lipinski definition) is 8. The number of fused-ring (bicyclic) bond motifs is 2. The molecule has 2 heterocycles. The number of Topliss-reactive ketones (excluding diaryl/α,β-unsaturated/α-hetero) is 2. The molecule has 8 heteroatoms. The molecule has 8 nitrogen and oxygen atoms in total. The quantitative estimate of drug-likeness (QED) is 0.371. The van der Waals surface area contributed by atoms with Crippen molar-refractivity contribution in [2.75, 3.05) is 14.2 Å². The Morgan fingerprint density at radius 3 is 1.33 bits per heavy atom. The molecule has 1 aliphatic rings. The molecular weight excluding hydrogens is 464 g/mol. The van der Waals surface area contributed by atoms with Crippen molar-refractivity contribution in [2.24, 2.45) is 11.8 Å². The molecule has 0 spiro atoms. The molecule has 36 heavy (non-hydrogen) atoms. The first-order chi connectivity index (χ1) is 17.3. The van der Waals surface area contributed by atoms with Gasteiger partial charge in [0.25, 0.3) is 0 Å². The SMILES string of the molecule is COc1ccc2ccc(=O)oc2c1[C@@H]1[C@H](C(C)=O)[C@@H](C(C)=O)[C@H]1c1c(OC)ccc2ccc(=O)oc12. The van der Waals surface area contributed by atoms with Crippen molar-refractivity contribution < 1.29 is 27.9 Å². The van der Waals surface area contributed by atoms with Crippen LogP contribution in [0.15, 0.2) is 67.0 Å². The number of ether oxygens (including phenoxy) is 2. The Hall–Kier alpha value is -4.20. The predicted octanol–water partition coefficient (Wildman–Crippen LogP) is 4.21. The molecule has 0 unspecified atom stereocenters. The van der Waals surface area contributed by atoms with E-state index >= 15 is 0 Å². The van der Waals surface area contributed by atoms with E-state index in [2.05, 4.69) is 0 Å². The Morgan fingerprint density at radius 2 is 1.00 bits per heavy atom. The highest BCUT2D eigenvalue weighted by Gasteiger charge is 2.58. The molecule has 2 aromatic heterocycles. The molecule has 0 saturated heterocycles. The molecular formula is C28H24O8. The van der Waals surface area contributed by atoms with E-state index < -0.39 is 34.9 Å². The molecule has 0 bridgehead atoms. The zero-order chi connectivity index (χ0) is 25.7. The van der Waals surface area contributed by atoms with Crippen LogP contribution in [-0.4, -0.2) is 25.8 Å². The van der Waals surface area contributed by atoms with Crippen molar-refractivity contribution in [1.29, 1.82) is 0 Å². The minimum Gasteiger partial charge on any atom is -0.496 e. The number of benzene rings is 2. The van der Waals surface area contributed by atoms with Crippen molar-refractivity contribution in [1.82, 2.24) is 0 Å². The topological polar surface area (TPSA) is 113 Å².